The van der Waals surface area contributed by atoms with Crippen LogP contribution in [0, 0.1) is 0 Å². The number of methoxy groups -OCH3 is 3. The number of benzene rings is 1. The van der Waals surface area contributed by atoms with Gasteiger partial charge in [-0.2, -0.15) is 0 Å². The van der Waals surface area contributed by atoms with Crippen LogP contribution in [-0.4, -0.2) is 75.9 Å². The molecule has 3 rings (SSSR count). The molecule has 0 saturated carbocycles. The predicted molar refractivity (Wildman–Crippen MR) is 165 cm³/mol. The summed E-state index contributed by atoms with van der Waals surface area (Å²) in [6.07, 6.45) is 11.5. The van der Waals surface area contributed by atoms with Gasteiger partial charge in [0.05, 0.1) is 27.1 Å². The summed E-state index contributed by atoms with van der Waals surface area (Å²) in [7, 11) is 7.16. The van der Waals surface area contributed by atoms with Gasteiger partial charge in [0.2, 0.25) is 0 Å². The Kier molecular flexibility index (Phi) is 16.6. The van der Waals surface area contributed by atoms with Crippen molar-refractivity contribution < 1.29 is 25.9 Å². The summed E-state index contributed by atoms with van der Waals surface area (Å²) in [5.41, 5.74) is 4.40. The van der Waals surface area contributed by atoms with Gasteiger partial charge in [0, 0.05) is 50.5 Å². The van der Waals surface area contributed by atoms with Crippen molar-refractivity contribution in [1.29, 1.82) is 0 Å². The highest BCUT2D eigenvalue weighted by molar-refractivity contribution is 5.76. The van der Waals surface area contributed by atoms with Crippen LogP contribution in [0.4, 0.5) is 4.79 Å². The van der Waals surface area contributed by atoms with E-state index in [1.807, 2.05) is 30.9 Å². The third-order valence-electron chi connectivity index (χ3n) is 7.04. The van der Waals surface area contributed by atoms with Crippen molar-refractivity contribution >= 4 is 6.03 Å². The SMILES string of the molecule is CC.CCN(C)CCCN(CCCC1=CCc2c(cc(OC)cc2OC)CN1)C(=O)NC1=CCCC(OC)=C1.O.[HH]. The van der Waals surface area contributed by atoms with Crippen molar-refractivity contribution in [3.63, 3.8) is 0 Å². The first-order valence-electron chi connectivity index (χ1n) is 14.3. The molecule has 1 aromatic carbocycles. The second-order valence-corrected chi connectivity index (χ2v) is 9.54. The Morgan fingerprint density at radius 3 is 2.48 bits per heavy atom. The van der Waals surface area contributed by atoms with Crippen LogP contribution < -0.4 is 20.1 Å². The van der Waals surface area contributed by atoms with Gasteiger partial charge in [-0.1, -0.05) is 32.9 Å². The zero-order chi connectivity index (χ0) is 28.6. The summed E-state index contributed by atoms with van der Waals surface area (Å²) in [6.45, 7) is 10.3. The van der Waals surface area contributed by atoms with Gasteiger partial charge in [-0.15, -0.1) is 0 Å². The number of rotatable bonds is 13. The van der Waals surface area contributed by atoms with Gasteiger partial charge in [-0.3, -0.25) is 0 Å². The zero-order valence-electron chi connectivity index (χ0n) is 25.7. The summed E-state index contributed by atoms with van der Waals surface area (Å²) in [4.78, 5) is 17.4. The highest BCUT2D eigenvalue weighted by atomic mass is 16.5. The van der Waals surface area contributed by atoms with Crippen molar-refractivity contribution in [3.8, 4) is 11.5 Å². The molecule has 0 atom stereocenters. The van der Waals surface area contributed by atoms with Gasteiger partial charge < -0.3 is 40.1 Å². The van der Waals surface area contributed by atoms with E-state index in [0.717, 1.165) is 87.7 Å². The summed E-state index contributed by atoms with van der Waals surface area (Å²) in [6, 6.07) is 3.96. The zero-order valence-corrected chi connectivity index (χ0v) is 25.7. The molecule has 0 fully saturated rings. The van der Waals surface area contributed by atoms with E-state index in [1.54, 1.807) is 21.3 Å². The van der Waals surface area contributed by atoms with E-state index in [0.29, 0.717) is 6.54 Å². The van der Waals surface area contributed by atoms with Crippen LogP contribution in [0.5, 0.6) is 11.5 Å². The van der Waals surface area contributed by atoms with E-state index in [9.17, 15) is 4.79 Å². The molecule has 228 valence electrons. The number of urea groups is 1. The molecular weight excluding hydrogens is 508 g/mol. The first kappa shape index (κ1) is 34.9. The van der Waals surface area contributed by atoms with E-state index in [4.69, 9.17) is 14.2 Å². The van der Waals surface area contributed by atoms with Crippen molar-refractivity contribution in [1.82, 2.24) is 20.4 Å². The third kappa shape index (κ3) is 10.8. The lowest BCUT2D eigenvalue weighted by molar-refractivity contribution is 0.195. The summed E-state index contributed by atoms with van der Waals surface area (Å²) < 4.78 is 16.4. The minimum Gasteiger partial charge on any atom is -0.501 e. The molecule has 2 amide bonds. The lowest BCUT2D eigenvalue weighted by Gasteiger charge is -2.25. The number of carbonyl (C=O) groups is 1. The molecule has 1 aromatic rings. The first-order valence-corrected chi connectivity index (χ1v) is 14.3. The number of fused-ring (bicyclic) bond motifs is 1. The highest BCUT2D eigenvalue weighted by Gasteiger charge is 2.18. The van der Waals surface area contributed by atoms with Crippen LogP contribution >= 0.6 is 0 Å². The fourth-order valence-electron chi connectivity index (χ4n) is 4.65. The van der Waals surface area contributed by atoms with Gasteiger partial charge in [0.25, 0.3) is 0 Å². The second kappa shape index (κ2) is 19.0. The van der Waals surface area contributed by atoms with Gasteiger partial charge in [0.1, 0.15) is 11.5 Å². The van der Waals surface area contributed by atoms with Gasteiger partial charge in [-0.05, 0) is 69.9 Å². The number of nitrogens with zero attached hydrogens (tertiary/aromatic N) is 2. The maximum absolute atomic E-state index is 13.2. The summed E-state index contributed by atoms with van der Waals surface area (Å²) in [5, 5.41) is 6.67. The molecule has 1 aliphatic heterocycles. The minimum atomic E-state index is -0.0500. The molecule has 40 heavy (non-hydrogen) atoms. The number of carbonyl (C=O) groups excluding carboxylic acids is 1. The number of amides is 2. The van der Waals surface area contributed by atoms with E-state index in [2.05, 4.69) is 47.7 Å². The quantitative estimate of drug-likeness (QED) is 0.350. The fraction of sp³-hybridized carbons (Fsp3) is 0.581. The van der Waals surface area contributed by atoms with Crippen LogP contribution in [0.15, 0.2) is 47.5 Å². The van der Waals surface area contributed by atoms with Crippen molar-refractivity contribution in [2.45, 2.75) is 65.8 Å². The van der Waals surface area contributed by atoms with Gasteiger partial charge in [0.15, 0.2) is 0 Å². The van der Waals surface area contributed by atoms with Crippen LogP contribution in [-0.2, 0) is 17.7 Å². The summed E-state index contributed by atoms with van der Waals surface area (Å²) >= 11 is 0. The van der Waals surface area contributed by atoms with Gasteiger partial charge >= 0.3 is 6.03 Å². The molecule has 0 spiro atoms. The Morgan fingerprint density at radius 2 is 1.80 bits per heavy atom. The van der Waals surface area contributed by atoms with Crippen LogP contribution in [0.25, 0.3) is 0 Å². The average Bonchev–Trinajstić information content (AvgIpc) is 3.18. The molecule has 9 heteroatoms. The molecule has 4 N–H and O–H groups in total. The van der Waals surface area contributed by atoms with Crippen LogP contribution in [0.2, 0.25) is 0 Å². The number of allylic oxidation sites excluding steroid dienone is 5. The molecule has 9 nitrogen and oxygen atoms in total. The van der Waals surface area contributed by atoms with Crippen LogP contribution in [0.1, 0.15) is 65.4 Å². The van der Waals surface area contributed by atoms with Crippen molar-refractivity contribution in [2.75, 3.05) is 54.6 Å². The molecule has 0 saturated heterocycles. The fourth-order valence-corrected chi connectivity index (χ4v) is 4.65. The van der Waals surface area contributed by atoms with E-state index in [1.165, 1.54) is 16.8 Å². The van der Waals surface area contributed by atoms with Crippen LogP contribution in [0.3, 0.4) is 0 Å². The summed E-state index contributed by atoms with van der Waals surface area (Å²) in [5.74, 6) is 2.56. The van der Waals surface area contributed by atoms with E-state index in [-0.39, 0.29) is 12.9 Å². The topological polar surface area (TPSA) is 107 Å². The molecule has 0 bridgehead atoms. The maximum Gasteiger partial charge on any atom is 0.321 e. The second-order valence-electron chi connectivity index (χ2n) is 9.54. The van der Waals surface area contributed by atoms with E-state index >= 15 is 0 Å². The molecular formula is C31H54N4O5. The number of hydrogen-bond donors (Lipinski definition) is 2. The molecule has 0 aromatic heterocycles. The number of hydrogen-bond acceptors (Lipinski definition) is 6. The molecule has 0 radical (unpaired) electrons. The minimum absolute atomic E-state index is 0. The first-order chi connectivity index (χ1) is 19.0. The highest BCUT2D eigenvalue weighted by Crippen LogP contribution is 2.31. The number of ether oxygens (including phenoxy) is 3. The maximum atomic E-state index is 13.2. The molecule has 0 unspecified atom stereocenters. The smallest absolute Gasteiger partial charge is 0.321 e. The Morgan fingerprint density at radius 1 is 1.05 bits per heavy atom. The lowest BCUT2D eigenvalue weighted by Crippen LogP contribution is -2.41. The predicted octanol–water partition coefficient (Wildman–Crippen LogP) is 5.02. The third-order valence-corrected chi connectivity index (χ3v) is 7.04. The standard InChI is InChI=1S/C29H44N4O4.C2H6.H2O.H2/c1-6-32(2)15-9-17-33(29(34)31-24-10-7-12-25(19-24)35-3)16-8-11-23-13-14-27-22(21-30-23)18-26(36-4)20-28(27)37-5;1-2;;/h10,13,18-20,30H,6-9,11-12,14-17,21H2,1-5H3,(H,31,34);1-2H3;1H2;1H. The Bertz CT molecular complexity index is 1010. The van der Waals surface area contributed by atoms with Crippen molar-refractivity contribution in [3.05, 3.63) is 58.6 Å². The van der Waals surface area contributed by atoms with E-state index < -0.39 is 0 Å². The van der Waals surface area contributed by atoms with Gasteiger partial charge in [-0.25, -0.2) is 4.79 Å². The lowest BCUT2D eigenvalue weighted by atomic mass is 10.0. The average molecular weight is 563 g/mol. The largest absolute Gasteiger partial charge is 0.501 e. The number of nitrogens with one attached hydrogen (secondary N) is 2. The molecule has 1 aliphatic carbocycles. The normalized spacial score (nSPS) is 13.9. The molecule has 2 aliphatic rings. The van der Waals surface area contributed by atoms with Crippen molar-refractivity contribution in [2.24, 2.45) is 0 Å². The monoisotopic (exact) mass is 562 g/mol. The Hall–Kier alpha value is -3.17. The Labute approximate surface area is 243 Å². The Balaban J connectivity index is 0.00000391. The molecule has 1 heterocycles.